The Balaban J connectivity index is 1.22. The summed E-state index contributed by atoms with van der Waals surface area (Å²) in [7, 11) is 0. The molecule has 1 saturated heterocycles. The van der Waals surface area contributed by atoms with Gasteiger partial charge in [-0.2, -0.15) is 0 Å². The van der Waals surface area contributed by atoms with Crippen LogP contribution in [0.1, 0.15) is 24.3 Å². The zero-order valence-corrected chi connectivity index (χ0v) is 17.9. The molecule has 10 heteroatoms. The van der Waals surface area contributed by atoms with Crippen molar-refractivity contribution in [3.63, 3.8) is 0 Å². The molecular formula is C23H24FN5O4. The highest BCUT2D eigenvalue weighted by Gasteiger charge is 2.26. The van der Waals surface area contributed by atoms with Gasteiger partial charge in [-0.25, -0.2) is 4.39 Å². The number of hydrogen-bond donors (Lipinski definition) is 1. The van der Waals surface area contributed by atoms with Crippen molar-refractivity contribution in [3.05, 3.63) is 75.9 Å². The molecule has 0 radical (unpaired) electrons. The minimum atomic E-state index is -0.462. The fourth-order valence-corrected chi connectivity index (χ4v) is 3.87. The smallest absolute Gasteiger partial charge is 0.269 e. The zero-order valence-electron chi connectivity index (χ0n) is 17.9. The number of rotatable bonds is 8. The summed E-state index contributed by atoms with van der Waals surface area (Å²) in [4.78, 5) is 24.9. The summed E-state index contributed by atoms with van der Waals surface area (Å²) >= 11 is 0. The van der Waals surface area contributed by atoms with Gasteiger partial charge in [0.15, 0.2) is 0 Å². The second-order valence-corrected chi connectivity index (χ2v) is 7.99. The van der Waals surface area contributed by atoms with E-state index in [9.17, 15) is 19.3 Å². The van der Waals surface area contributed by atoms with E-state index < -0.39 is 4.92 Å². The van der Waals surface area contributed by atoms with E-state index in [0.717, 1.165) is 25.9 Å². The Morgan fingerprint density at radius 3 is 2.58 bits per heavy atom. The van der Waals surface area contributed by atoms with Gasteiger partial charge in [0.25, 0.3) is 5.69 Å². The molecule has 1 fully saturated rings. The number of likely N-dealkylation sites (tertiary alicyclic amines) is 1. The van der Waals surface area contributed by atoms with Crippen LogP contribution in [0.2, 0.25) is 0 Å². The van der Waals surface area contributed by atoms with Crippen LogP contribution in [0.15, 0.2) is 52.9 Å². The second kappa shape index (κ2) is 10.3. The second-order valence-electron chi connectivity index (χ2n) is 7.99. The van der Waals surface area contributed by atoms with Gasteiger partial charge in [0.2, 0.25) is 17.7 Å². The first kappa shape index (κ1) is 22.5. The van der Waals surface area contributed by atoms with Crippen molar-refractivity contribution in [1.82, 2.24) is 20.4 Å². The van der Waals surface area contributed by atoms with E-state index in [1.165, 1.54) is 18.2 Å². The highest BCUT2D eigenvalue weighted by Crippen LogP contribution is 2.23. The Kier molecular flexibility index (Phi) is 7.04. The van der Waals surface area contributed by atoms with Crippen molar-refractivity contribution in [2.75, 3.05) is 19.6 Å². The van der Waals surface area contributed by atoms with Gasteiger partial charge in [0, 0.05) is 30.2 Å². The molecule has 0 atom stereocenters. The molecule has 1 amide bonds. The first-order valence-electron chi connectivity index (χ1n) is 10.8. The van der Waals surface area contributed by atoms with Crippen molar-refractivity contribution in [2.24, 2.45) is 5.92 Å². The zero-order chi connectivity index (χ0) is 23.2. The number of nitro benzene ring substituents is 1. The molecule has 9 nitrogen and oxygen atoms in total. The molecule has 0 aliphatic carbocycles. The van der Waals surface area contributed by atoms with Crippen molar-refractivity contribution in [3.8, 4) is 11.5 Å². The predicted octanol–water partition coefficient (Wildman–Crippen LogP) is 3.35. The van der Waals surface area contributed by atoms with Gasteiger partial charge in [-0.05, 0) is 56.1 Å². The number of carbonyl (C=O) groups is 1. The molecule has 3 aromatic rings. The number of aromatic nitrogens is 2. The van der Waals surface area contributed by atoms with Crippen LogP contribution in [0.4, 0.5) is 10.1 Å². The highest BCUT2D eigenvalue weighted by molar-refractivity contribution is 5.78. The summed E-state index contributed by atoms with van der Waals surface area (Å²) in [5.74, 6) is 0.447. The molecule has 0 saturated carbocycles. The average Bonchev–Trinajstić information content (AvgIpc) is 3.29. The van der Waals surface area contributed by atoms with Crippen LogP contribution in [0.5, 0.6) is 0 Å². The number of hydrogen-bond acceptors (Lipinski definition) is 7. The fraction of sp³-hybridized carbons (Fsp3) is 0.348. The molecule has 1 aromatic heterocycles. The predicted molar refractivity (Wildman–Crippen MR) is 118 cm³/mol. The highest BCUT2D eigenvalue weighted by atomic mass is 19.1. The van der Waals surface area contributed by atoms with Gasteiger partial charge in [-0.1, -0.05) is 18.2 Å². The number of nitrogens with one attached hydrogen (secondary N) is 1. The molecule has 2 heterocycles. The molecule has 0 unspecified atom stereocenters. The topological polar surface area (TPSA) is 114 Å². The summed E-state index contributed by atoms with van der Waals surface area (Å²) in [6, 6.07) is 12.5. The van der Waals surface area contributed by atoms with Crippen molar-refractivity contribution in [2.45, 2.75) is 25.8 Å². The third-order valence-electron chi connectivity index (χ3n) is 5.76. The first-order chi connectivity index (χ1) is 16.0. The lowest BCUT2D eigenvalue weighted by atomic mass is 9.96. The minimum Gasteiger partial charge on any atom is -0.419 e. The summed E-state index contributed by atoms with van der Waals surface area (Å²) in [5.41, 5.74) is 1.21. The van der Waals surface area contributed by atoms with E-state index in [4.69, 9.17) is 4.42 Å². The number of nitrogens with zero attached hydrogens (tertiary/aromatic N) is 4. The normalized spacial score (nSPS) is 14.8. The molecular weight excluding hydrogens is 429 g/mol. The minimum absolute atomic E-state index is 0.00220. The Hall–Kier alpha value is -3.66. The Labute approximate surface area is 189 Å². The molecule has 33 heavy (non-hydrogen) atoms. The molecule has 172 valence electrons. The fourth-order valence-electron chi connectivity index (χ4n) is 3.87. The number of nitro groups is 1. The van der Waals surface area contributed by atoms with Crippen LogP contribution in [0, 0.1) is 21.8 Å². The maximum Gasteiger partial charge on any atom is 0.269 e. The molecule has 1 N–H and O–H groups in total. The van der Waals surface area contributed by atoms with E-state index in [1.807, 2.05) is 0 Å². The van der Waals surface area contributed by atoms with E-state index >= 15 is 0 Å². The number of piperidine rings is 1. The van der Waals surface area contributed by atoms with Gasteiger partial charge in [-0.3, -0.25) is 19.8 Å². The molecule has 4 rings (SSSR count). The molecule has 1 aliphatic rings. The van der Waals surface area contributed by atoms with Crippen molar-refractivity contribution < 1.29 is 18.5 Å². The number of halogens is 1. The summed E-state index contributed by atoms with van der Waals surface area (Å²) < 4.78 is 19.4. The molecule has 0 spiro atoms. The van der Waals surface area contributed by atoms with Gasteiger partial charge < -0.3 is 9.73 Å². The van der Waals surface area contributed by atoms with E-state index in [2.05, 4.69) is 20.4 Å². The summed E-state index contributed by atoms with van der Waals surface area (Å²) in [5, 5.41) is 21.8. The van der Waals surface area contributed by atoms with Crippen LogP contribution in [0.3, 0.4) is 0 Å². The standard InChI is InChI=1S/C23H24FN5O4/c24-20-4-2-1-3-16(20)9-12-25-22(30)17-10-13-28(14-11-17)15-21-26-27-23(33-21)18-5-7-19(8-6-18)29(31)32/h1-8,17H,9-15H2,(H,25,30). The van der Waals surface area contributed by atoms with E-state index in [0.29, 0.717) is 42.4 Å². The van der Waals surface area contributed by atoms with Crippen LogP contribution < -0.4 is 5.32 Å². The number of benzene rings is 2. The lowest BCUT2D eigenvalue weighted by molar-refractivity contribution is -0.384. The average molecular weight is 453 g/mol. The van der Waals surface area contributed by atoms with Crippen molar-refractivity contribution >= 4 is 11.6 Å². The van der Waals surface area contributed by atoms with Crippen LogP contribution in [0.25, 0.3) is 11.5 Å². The molecule has 1 aliphatic heterocycles. The SMILES string of the molecule is O=C(NCCc1ccccc1F)C1CCN(Cc2nnc(-c3ccc([N+](=O)[O-])cc3)o2)CC1. The number of non-ortho nitro benzene ring substituents is 1. The van der Waals surface area contributed by atoms with E-state index in [-0.39, 0.29) is 23.3 Å². The van der Waals surface area contributed by atoms with Crippen LogP contribution in [-0.2, 0) is 17.8 Å². The quantitative estimate of drug-likeness (QED) is 0.411. The maximum atomic E-state index is 13.7. The lowest BCUT2D eigenvalue weighted by Crippen LogP contribution is -2.40. The molecule has 0 bridgehead atoms. The largest absolute Gasteiger partial charge is 0.419 e. The van der Waals surface area contributed by atoms with Crippen LogP contribution >= 0.6 is 0 Å². The Bertz CT molecular complexity index is 1110. The van der Waals surface area contributed by atoms with Crippen LogP contribution in [-0.4, -0.2) is 45.6 Å². The Morgan fingerprint density at radius 2 is 1.88 bits per heavy atom. The third kappa shape index (κ3) is 5.78. The number of carbonyl (C=O) groups excluding carboxylic acids is 1. The van der Waals surface area contributed by atoms with E-state index in [1.54, 1.807) is 30.3 Å². The Morgan fingerprint density at radius 1 is 1.15 bits per heavy atom. The van der Waals surface area contributed by atoms with Gasteiger partial charge >= 0.3 is 0 Å². The number of amides is 1. The third-order valence-corrected chi connectivity index (χ3v) is 5.76. The van der Waals surface area contributed by atoms with Crippen molar-refractivity contribution in [1.29, 1.82) is 0 Å². The lowest BCUT2D eigenvalue weighted by Gasteiger charge is -2.30. The maximum absolute atomic E-state index is 13.7. The van der Waals surface area contributed by atoms with Gasteiger partial charge in [0.05, 0.1) is 11.5 Å². The first-order valence-corrected chi connectivity index (χ1v) is 10.8. The summed E-state index contributed by atoms with van der Waals surface area (Å²) in [6.07, 6.45) is 1.90. The summed E-state index contributed by atoms with van der Waals surface area (Å²) in [6.45, 7) is 2.33. The monoisotopic (exact) mass is 453 g/mol. The molecule has 2 aromatic carbocycles. The van der Waals surface area contributed by atoms with Gasteiger partial charge in [0.1, 0.15) is 5.82 Å². The van der Waals surface area contributed by atoms with Gasteiger partial charge in [-0.15, -0.1) is 10.2 Å².